The number of ether oxygens (including phenoxy) is 1. The highest BCUT2D eigenvalue weighted by molar-refractivity contribution is 5.77. The van der Waals surface area contributed by atoms with E-state index in [9.17, 15) is 4.79 Å². The van der Waals surface area contributed by atoms with Gasteiger partial charge in [-0.3, -0.25) is 4.79 Å². The molecule has 0 fully saturated rings. The summed E-state index contributed by atoms with van der Waals surface area (Å²) >= 11 is 0. The molecular weight excluding hydrogens is 182 g/mol. The van der Waals surface area contributed by atoms with Gasteiger partial charge in [0, 0.05) is 6.54 Å². The van der Waals surface area contributed by atoms with E-state index in [2.05, 4.69) is 5.32 Å². The summed E-state index contributed by atoms with van der Waals surface area (Å²) in [5.41, 5.74) is -1.06. The van der Waals surface area contributed by atoms with Crippen LogP contribution in [-0.2, 0) is 9.53 Å². The highest BCUT2D eigenvalue weighted by Gasteiger charge is 2.25. The lowest BCUT2D eigenvalue weighted by atomic mass is 10.1. The third kappa shape index (κ3) is 5.94. The van der Waals surface area contributed by atoms with Gasteiger partial charge in [0.25, 0.3) is 0 Å². The van der Waals surface area contributed by atoms with Crippen LogP contribution in [0, 0.1) is 0 Å². The first kappa shape index (κ1) is 13.4. The van der Waals surface area contributed by atoms with Gasteiger partial charge in [-0.15, -0.1) is 0 Å². The number of carbonyl (C=O) groups is 1. The number of rotatable bonds is 5. The third-order valence-corrected chi connectivity index (χ3v) is 1.74. The lowest BCUT2D eigenvalue weighted by molar-refractivity contribution is -0.143. The van der Waals surface area contributed by atoms with Gasteiger partial charge in [0.2, 0.25) is 0 Å². The van der Waals surface area contributed by atoms with Gasteiger partial charge >= 0.3 is 5.97 Å². The molecule has 0 saturated heterocycles. The topological polar surface area (TPSA) is 58.6 Å². The van der Waals surface area contributed by atoms with Crippen molar-refractivity contribution < 1.29 is 14.6 Å². The van der Waals surface area contributed by atoms with Crippen molar-refractivity contribution in [3.05, 3.63) is 0 Å². The Hall–Kier alpha value is -0.610. The van der Waals surface area contributed by atoms with Crippen molar-refractivity contribution in [3.63, 3.8) is 0 Å². The molecule has 0 amide bonds. The van der Waals surface area contributed by atoms with Gasteiger partial charge in [-0.2, -0.15) is 0 Å². The Morgan fingerprint density at radius 3 is 2.14 bits per heavy atom. The fourth-order valence-electron chi connectivity index (χ4n) is 0.796. The predicted molar refractivity (Wildman–Crippen MR) is 55.4 cm³/mol. The van der Waals surface area contributed by atoms with Crippen LogP contribution in [-0.4, -0.2) is 35.4 Å². The van der Waals surface area contributed by atoms with Crippen LogP contribution in [0.3, 0.4) is 0 Å². The lowest BCUT2D eigenvalue weighted by Crippen LogP contribution is -2.48. The van der Waals surface area contributed by atoms with Crippen molar-refractivity contribution in [2.45, 2.75) is 45.8 Å². The smallest absolute Gasteiger partial charge is 0.323 e. The number of nitrogens with one attached hydrogen (secondary N) is 1. The van der Waals surface area contributed by atoms with Crippen LogP contribution in [0.2, 0.25) is 0 Å². The standard InChI is InChI=1S/C10H21NO3/c1-9(2,3)14-7-6-11-10(4,5)8(12)13/h11H,6-7H2,1-5H3,(H,12,13). The van der Waals surface area contributed by atoms with Gasteiger partial charge in [0.15, 0.2) is 0 Å². The van der Waals surface area contributed by atoms with Crippen molar-refractivity contribution in [1.29, 1.82) is 0 Å². The molecule has 0 aliphatic rings. The molecule has 4 heteroatoms. The van der Waals surface area contributed by atoms with E-state index in [0.717, 1.165) is 0 Å². The minimum atomic E-state index is -0.888. The molecule has 14 heavy (non-hydrogen) atoms. The normalized spacial score (nSPS) is 12.9. The van der Waals surface area contributed by atoms with Gasteiger partial charge in [-0.1, -0.05) is 0 Å². The Morgan fingerprint density at radius 2 is 1.79 bits per heavy atom. The van der Waals surface area contributed by atoms with Gasteiger partial charge in [-0.25, -0.2) is 0 Å². The van der Waals surface area contributed by atoms with Crippen molar-refractivity contribution in [2.24, 2.45) is 0 Å². The zero-order valence-corrected chi connectivity index (χ0v) is 9.68. The highest BCUT2D eigenvalue weighted by atomic mass is 16.5. The molecule has 0 aromatic heterocycles. The highest BCUT2D eigenvalue weighted by Crippen LogP contribution is 2.06. The second-order valence-corrected chi connectivity index (χ2v) is 4.82. The van der Waals surface area contributed by atoms with E-state index in [1.807, 2.05) is 20.8 Å². The number of carboxylic acids is 1. The van der Waals surface area contributed by atoms with E-state index >= 15 is 0 Å². The summed E-state index contributed by atoms with van der Waals surface area (Å²) in [5, 5.41) is 11.7. The Kier molecular flexibility index (Phi) is 4.55. The van der Waals surface area contributed by atoms with Crippen LogP contribution in [0.5, 0.6) is 0 Å². The zero-order valence-electron chi connectivity index (χ0n) is 9.68. The van der Waals surface area contributed by atoms with Gasteiger partial charge in [-0.05, 0) is 34.6 Å². The number of carboxylic acid groups (broad SMARTS) is 1. The molecule has 0 rings (SSSR count). The number of hydrogen-bond acceptors (Lipinski definition) is 3. The van der Waals surface area contributed by atoms with Crippen LogP contribution < -0.4 is 5.32 Å². The first-order chi connectivity index (χ1) is 6.15. The first-order valence-electron chi connectivity index (χ1n) is 4.77. The molecule has 4 nitrogen and oxygen atoms in total. The quantitative estimate of drug-likeness (QED) is 0.660. The molecule has 0 bridgehead atoms. The molecule has 0 aliphatic heterocycles. The van der Waals surface area contributed by atoms with E-state index < -0.39 is 11.5 Å². The Morgan fingerprint density at radius 1 is 1.29 bits per heavy atom. The Bertz CT molecular complexity index is 194. The average molecular weight is 203 g/mol. The average Bonchev–Trinajstić information content (AvgIpc) is 1.96. The van der Waals surface area contributed by atoms with E-state index in [0.29, 0.717) is 13.2 Å². The molecule has 0 unspecified atom stereocenters. The molecule has 0 aromatic carbocycles. The third-order valence-electron chi connectivity index (χ3n) is 1.74. The van der Waals surface area contributed by atoms with E-state index in [1.54, 1.807) is 13.8 Å². The summed E-state index contributed by atoms with van der Waals surface area (Å²) in [6.07, 6.45) is 0. The van der Waals surface area contributed by atoms with Crippen LogP contribution >= 0.6 is 0 Å². The molecule has 0 aliphatic carbocycles. The SMILES string of the molecule is CC(C)(C)OCCNC(C)(C)C(=O)O. The van der Waals surface area contributed by atoms with Crippen molar-refractivity contribution >= 4 is 5.97 Å². The van der Waals surface area contributed by atoms with Crippen molar-refractivity contribution in [1.82, 2.24) is 5.32 Å². The van der Waals surface area contributed by atoms with Crippen LogP contribution in [0.4, 0.5) is 0 Å². The fourth-order valence-corrected chi connectivity index (χ4v) is 0.796. The molecular formula is C10H21NO3. The summed E-state index contributed by atoms with van der Waals surface area (Å²) in [7, 11) is 0. The molecule has 0 saturated carbocycles. The molecule has 0 radical (unpaired) electrons. The predicted octanol–water partition coefficient (Wildman–Crippen LogP) is 1.25. The van der Waals surface area contributed by atoms with Crippen molar-refractivity contribution in [3.8, 4) is 0 Å². The van der Waals surface area contributed by atoms with Gasteiger partial charge in [0.05, 0.1) is 12.2 Å². The number of hydrogen-bond donors (Lipinski definition) is 2. The van der Waals surface area contributed by atoms with Gasteiger partial charge < -0.3 is 15.2 Å². The van der Waals surface area contributed by atoms with Crippen LogP contribution in [0.15, 0.2) is 0 Å². The van der Waals surface area contributed by atoms with Crippen LogP contribution in [0.1, 0.15) is 34.6 Å². The number of aliphatic carboxylic acids is 1. The van der Waals surface area contributed by atoms with E-state index in [4.69, 9.17) is 9.84 Å². The maximum Gasteiger partial charge on any atom is 0.323 e. The second-order valence-electron chi connectivity index (χ2n) is 4.82. The first-order valence-corrected chi connectivity index (χ1v) is 4.77. The molecule has 0 spiro atoms. The zero-order chi connectivity index (χ0) is 11.4. The summed E-state index contributed by atoms with van der Waals surface area (Å²) < 4.78 is 5.45. The van der Waals surface area contributed by atoms with E-state index in [1.165, 1.54) is 0 Å². The molecule has 84 valence electrons. The van der Waals surface area contributed by atoms with Gasteiger partial charge in [0.1, 0.15) is 5.54 Å². The summed E-state index contributed by atoms with van der Waals surface area (Å²) in [4.78, 5) is 10.7. The molecule has 2 N–H and O–H groups in total. The molecule has 0 aromatic rings. The monoisotopic (exact) mass is 203 g/mol. The summed E-state index contributed by atoms with van der Waals surface area (Å²) in [6.45, 7) is 10.2. The van der Waals surface area contributed by atoms with Crippen molar-refractivity contribution in [2.75, 3.05) is 13.2 Å². The van der Waals surface area contributed by atoms with Crippen LogP contribution in [0.25, 0.3) is 0 Å². The fraction of sp³-hybridized carbons (Fsp3) is 0.900. The minimum Gasteiger partial charge on any atom is -0.480 e. The molecule has 0 atom stereocenters. The maximum atomic E-state index is 10.7. The lowest BCUT2D eigenvalue weighted by Gasteiger charge is -2.24. The minimum absolute atomic E-state index is 0.172. The maximum absolute atomic E-state index is 10.7. The Balaban J connectivity index is 3.70. The summed E-state index contributed by atoms with van der Waals surface area (Å²) in [6, 6.07) is 0. The summed E-state index contributed by atoms with van der Waals surface area (Å²) in [5.74, 6) is -0.853. The Labute approximate surface area is 85.6 Å². The molecule has 0 heterocycles. The second kappa shape index (κ2) is 4.75. The van der Waals surface area contributed by atoms with E-state index in [-0.39, 0.29) is 5.60 Å². The largest absolute Gasteiger partial charge is 0.480 e.